The van der Waals surface area contributed by atoms with Crippen LogP contribution < -0.4 is 0 Å². The summed E-state index contributed by atoms with van der Waals surface area (Å²) in [5.74, 6) is 0.137. The van der Waals surface area contributed by atoms with E-state index >= 15 is 0 Å². The largest absolute Gasteiger partial charge is 0.352 e. The molecule has 0 aliphatic heterocycles. The van der Waals surface area contributed by atoms with E-state index in [2.05, 4.69) is 15.9 Å². The van der Waals surface area contributed by atoms with Gasteiger partial charge in [-0.25, -0.2) is 8.42 Å². The molecule has 2 atom stereocenters. The van der Waals surface area contributed by atoms with Crippen molar-refractivity contribution < 1.29 is 17.9 Å². The lowest BCUT2D eigenvalue weighted by Gasteiger charge is -2.20. The predicted octanol–water partition coefficient (Wildman–Crippen LogP) is 3.40. The maximum absolute atomic E-state index is 12.1. The minimum atomic E-state index is -3.20. The molecule has 0 amide bonds. The molecular weight excluding hydrogens is 356 g/mol. The molecule has 0 heterocycles. The zero-order valence-electron chi connectivity index (χ0n) is 12.5. The Bertz CT molecular complexity index is 490. The number of sulfone groups is 1. The average molecular weight is 379 g/mol. The Labute approximate surface area is 135 Å². The van der Waals surface area contributed by atoms with Crippen LogP contribution in [0.5, 0.6) is 0 Å². The van der Waals surface area contributed by atoms with Gasteiger partial charge in [-0.1, -0.05) is 34.1 Å². The molecule has 1 aromatic rings. The van der Waals surface area contributed by atoms with Crippen molar-refractivity contribution in [2.75, 3.05) is 17.7 Å². The zero-order chi connectivity index (χ0) is 15.7. The number of rotatable bonds is 10. The standard InChI is InChI=1S/C15H23BrO4S/c1-3-19-15(12-16)20-13(2)8-7-11-21(17,18)14-9-5-4-6-10-14/h4-6,9-10,13,15H,3,7-8,11-12H2,1-2H3. The van der Waals surface area contributed by atoms with Gasteiger partial charge in [0.05, 0.1) is 22.1 Å². The van der Waals surface area contributed by atoms with E-state index in [1.54, 1.807) is 24.3 Å². The third kappa shape index (κ3) is 6.91. The van der Waals surface area contributed by atoms with E-state index in [0.717, 1.165) is 0 Å². The number of halogens is 1. The Morgan fingerprint density at radius 1 is 1.24 bits per heavy atom. The summed E-state index contributed by atoms with van der Waals surface area (Å²) in [6, 6.07) is 8.54. The van der Waals surface area contributed by atoms with Gasteiger partial charge < -0.3 is 9.47 Å². The van der Waals surface area contributed by atoms with Crippen molar-refractivity contribution in [1.29, 1.82) is 0 Å². The Hall–Kier alpha value is -0.430. The van der Waals surface area contributed by atoms with Crippen LogP contribution in [0.1, 0.15) is 26.7 Å². The number of hydrogen-bond acceptors (Lipinski definition) is 4. The number of hydrogen-bond donors (Lipinski definition) is 0. The van der Waals surface area contributed by atoms with E-state index in [4.69, 9.17) is 9.47 Å². The second kappa shape index (κ2) is 9.56. The zero-order valence-corrected chi connectivity index (χ0v) is 14.9. The van der Waals surface area contributed by atoms with Gasteiger partial charge in [0.15, 0.2) is 16.1 Å². The van der Waals surface area contributed by atoms with Crippen molar-refractivity contribution >= 4 is 25.8 Å². The summed E-state index contributed by atoms with van der Waals surface area (Å²) in [4.78, 5) is 0.381. The lowest BCUT2D eigenvalue weighted by molar-refractivity contribution is -0.150. The molecule has 4 nitrogen and oxygen atoms in total. The van der Waals surface area contributed by atoms with Crippen LogP contribution in [0, 0.1) is 0 Å². The first-order valence-electron chi connectivity index (χ1n) is 7.10. The fourth-order valence-corrected chi connectivity index (χ4v) is 3.63. The molecule has 120 valence electrons. The summed E-state index contributed by atoms with van der Waals surface area (Å²) in [5.41, 5.74) is 0. The van der Waals surface area contributed by atoms with Gasteiger partial charge >= 0.3 is 0 Å². The third-order valence-corrected chi connectivity index (χ3v) is 5.33. The second-order valence-electron chi connectivity index (χ2n) is 4.76. The molecule has 0 N–H and O–H groups in total. The van der Waals surface area contributed by atoms with Crippen molar-refractivity contribution in [3.63, 3.8) is 0 Å². The minimum Gasteiger partial charge on any atom is -0.352 e. The van der Waals surface area contributed by atoms with E-state index < -0.39 is 9.84 Å². The van der Waals surface area contributed by atoms with Gasteiger partial charge in [-0.2, -0.15) is 0 Å². The van der Waals surface area contributed by atoms with Gasteiger partial charge in [-0.3, -0.25) is 0 Å². The Morgan fingerprint density at radius 3 is 2.48 bits per heavy atom. The summed E-state index contributed by atoms with van der Waals surface area (Å²) >= 11 is 3.33. The van der Waals surface area contributed by atoms with Crippen LogP contribution in [-0.4, -0.2) is 38.5 Å². The molecule has 0 fully saturated rings. The molecule has 0 radical (unpaired) electrons. The topological polar surface area (TPSA) is 52.6 Å². The summed E-state index contributed by atoms with van der Waals surface area (Å²) in [7, 11) is -3.20. The van der Waals surface area contributed by atoms with Gasteiger partial charge in [0.1, 0.15) is 0 Å². The van der Waals surface area contributed by atoms with Gasteiger partial charge in [-0.15, -0.1) is 0 Å². The maximum Gasteiger partial charge on any atom is 0.178 e. The third-order valence-electron chi connectivity index (χ3n) is 2.99. The van der Waals surface area contributed by atoms with Crippen molar-refractivity contribution in [2.45, 2.75) is 44.0 Å². The van der Waals surface area contributed by atoms with E-state index in [-0.39, 0.29) is 18.1 Å². The maximum atomic E-state index is 12.1. The number of alkyl halides is 1. The Kier molecular flexibility index (Phi) is 8.48. The highest BCUT2D eigenvalue weighted by atomic mass is 79.9. The first-order chi connectivity index (χ1) is 9.99. The number of ether oxygens (including phenoxy) is 2. The quantitative estimate of drug-likeness (QED) is 0.462. The molecule has 6 heteroatoms. The Balaban J connectivity index is 2.39. The van der Waals surface area contributed by atoms with E-state index in [0.29, 0.717) is 29.7 Å². The summed E-state index contributed by atoms with van der Waals surface area (Å²) in [6.07, 6.45) is 0.933. The molecule has 0 aliphatic rings. The monoisotopic (exact) mass is 378 g/mol. The normalized spacial score (nSPS) is 14.8. The first kappa shape index (κ1) is 18.6. The molecule has 0 aliphatic carbocycles. The first-order valence-corrected chi connectivity index (χ1v) is 9.87. The van der Waals surface area contributed by atoms with Crippen LogP contribution in [0.25, 0.3) is 0 Å². The SMILES string of the molecule is CCOC(CBr)OC(C)CCCS(=O)(=O)c1ccccc1. The van der Waals surface area contributed by atoms with Crippen LogP contribution in [0.15, 0.2) is 35.2 Å². The van der Waals surface area contributed by atoms with Crippen LogP contribution >= 0.6 is 15.9 Å². The molecular formula is C15H23BrO4S. The predicted molar refractivity (Wildman–Crippen MR) is 87.5 cm³/mol. The minimum absolute atomic E-state index is 0.0370. The van der Waals surface area contributed by atoms with Crippen molar-refractivity contribution in [2.24, 2.45) is 0 Å². The molecule has 0 spiro atoms. The summed E-state index contributed by atoms with van der Waals surface area (Å²) in [6.45, 7) is 4.44. The Morgan fingerprint density at radius 2 is 1.90 bits per heavy atom. The highest BCUT2D eigenvalue weighted by Crippen LogP contribution is 2.14. The smallest absolute Gasteiger partial charge is 0.178 e. The second-order valence-corrected chi connectivity index (χ2v) is 7.52. The average Bonchev–Trinajstić information content (AvgIpc) is 2.47. The molecule has 1 aromatic carbocycles. The molecule has 0 saturated carbocycles. The fraction of sp³-hybridized carbons (Fsp3) is 0.600. The number of benzene rings is 1. The van der Waals surface area contributed by atoms with Crippen molar-refractivity contribution in [3.8, 4) is 0 Å². The molecule has 0 saturated heterocycles. The van der Waals surface area contributed by atoms with E-state index in [9.17, 15) is 8.42 Å². The summed E-state index contributed by atoms with van der Waals surface area (Å²) < 4.78 is 35.3. The van der Waals surface area contributed by atoms with Crippen LogP contribution in [0.4, 0.5) is 0 Å². The van der Waals surface area contributed by atoms with E-state index in [1.165, 1.54) is 0 Å². The van der Waals surface area contributed by atoms with Gasteiger partial charge in [0, 0.05) is 6.61 Å². The lowest BCUT2D eigenvalue weighted by atomic mass is 10.2. The fourth-order valence-electron chi connectivity index (χ4n) is 1.94. The van der Waals surface area contributed by atoms with Gasteiger partial charge in [0.25, 0.3) is 0 Å². The van der Waals surface area contributed by atoms with E-state index in [1.807, 2.05) is 19.9 Å². The lowest BCUT2D eigenvalue weighted by Crippen LogP contribution is -2.24. The molecule has 2 unspecified atom stereocenters. The summed E-state index contributed by atoms with van der Waals surface area (Å²) in [5, 5.41) is 0.605. The van der Waals surface area contributed by atoms with Crippen LogP contribution in [-0.2, 0) is 19.3 Å². The highest BCUT2D eigenvalue weighted by molar-refractivity contribution is 9.09. The van der Waals surface area contributed by atoms with Crippen molar-refractivity contribution in [3.05, 3.63) is 30.3 Å². The van der Waals surface area contributed by atoms with Crippen molar-refractivity contribution in [1.82, 2.24) is 0 Å². The molecule has 21 heavy (non-hydrogen) atoms. The van der Waals surface area contributed by atoms with Crippen LogP contribution in [0.3, 0.4) is 0 Å². The molecule has 0 aromatic heterocycles. The van der Waals surface area contributed by atoms with Gasteiger partial charge in [0.2, 0.25) is 0 Å². The van der Waals surface area contributed by atoms with Gasteiger partial charge in [-0.05, 0) is 38.8 Å². The van der Waals surface area contributed by atoms with Crippen LogP contribution in [0.2, 0.25) is 0 Å². The molecule has 0 bridgehead atoms. The highest BCUT2D eigenvalue weighted by Gasteiger charge is 2.16. The molecule has 1 rings (SSSR count).